The summed E-state index contributed by atoms with van der Waals surface area (Å²) in [7, 11) is 0. The average Bonchev–Trinajstić information content (AvgIpc) is 2.96. The molecule has 0 radical (unpaired) electrons. The number of fused-ring (bicyclic) bond motifs is 1. The molecule has 0 amide bonds. The van der Waals surface area contributed by atoms with Crippen LogP contribution in [0.4, 0.5) is 0 Å². The second-order valence-electron chi connectivity index (χ2n) is 5.23. The van der Waals surface area contributed by atoms with Crippen LogP contribution in [0.25, 0.3) is 22.3 Å². The van der Waals surface area contributed by atoms with Crippen LogP contribution in [0.3, 0.4) is 0 Å². The Kier molecular flexibility index (Phi) is 4.04. The molecule has 5 nitrogen and oxygen atoms in total. The van der Waals surface area contributed by atoms with Crippen LogP contribution in [0.15, 0.2) is 28.8 Å². The highest BCUT2D eigenvalue weighted by Crippen LogP contribution is 2.30. The molecule has 0 spiro atoms. The molecule has 5 heteroatoms. The van der Waals surface area contributed by atoms with Gasteiger partial charge in [0, 0.05) is 11.8 Å². The molecule has 2 heterocycles. The molecule has 3 rings (SSSR count). The molecular formula is C17H19N3O2. The molecule has 0 unspecified atom stereocenters. The van der Waals surface area contributed by atoms with Gasteiger partial charge < -0.3 is 9.26 Å². The second kappa shape index (κ2) is 6.13. The third-order valence-electron chi connectivity index (χ3n) is 3.39. The summed E-state index contributed by atoms with van der Waals surface area (Å²) in [6.07, 6.45) is 1.74. The third-order valence-corrected chi connectivity index (χ3v) is 3.39. The lowest BCUT2D eigenvalue weighted by molar-refractivity contribution is 0.329. The molecule has 2 aromatic heterocycles. The van der Waals surface area contributed by atoms with Crippen molar-refractivity contribution in [2.45, 2.75) is 33.6 Å². The molecule has 0 aliphatic rings. The van der Waals surface area contributed by atoms with Gasteiger partial charge in [-0.25, -0.2) is 4.98 Å². The number of ether oxygens (including phenoxy) is 1. The van der Waals surface area contributed by atoms with Crippen molar-refractivity contribution in [2.75, 3.05) is 6.61 Å². The lowest BCUT2D eigenvalue weighted by Gasteiger charge is -2.08. The SMILES string of the molecule is CCCc1nc(-c2cc3cc(C)ccc3nc2OCC)no1. The standard InChI is InChI=1S/C17H19N3O2/c1-4-6-15-19-16(20-22-15)13-10-12-9-11(3)7-8-14(12)18-17(13)21-5-2/h7-10H,4-6H2,1-3H3. The zero-order chi connectivity index (χ0) is 15.5. The number of hydrogen-bond donors (Lipinski definition) is 0. The highest BCUT2D eigenvalue weighted by Gasteiger charge is 2.16. The van der Waals surface area contributed by atoms with Crippen molar-refractivity contribution < 1.29 is 9.26 Å². The van der Waals surface area contributed by atoms with E-state index in [1.807, 2.05) is 25.1 Å². The van der Waals surface area contributed by atoms with Gasteiger partial charge in [0.25, 0.3) is 0 Å². The molecule has 0 atom stereocenters. The molecule has 0 aliphatic heterocycles. The van der Waals surface area contributed by atoms with E-state index >= 15 is 0 Å². The van der Waals surface area contributed by atoms with E-state index in [0.29, 0.717) is 24.2 Å². The first kappa shape index (κ1) is 14.5. The Labute approximate surface area is 129 Å². The van der Waals surface area contributed by atoms with Crippen LogP contribution in [-0.4, -0.2) is 21.7 Å². The van der Waals surface area contributed by atoms with Gasteiger partial charge in [-0.05, 0) is 38.5 Å². The Hall–Kier alpha value is -2.43. The normalized spacial score (nSPS) is 11.0. The number of aromatic nitrogens is 3. The number of pyridine rings is 1. The molecule has 0 aliphatic carbocycles. The quantitative estimate of drug-likeness (QED) is 0.713. The minimum atomic E-state index is 0.530. The topological polar surface area (TPSA) is 61.0 Å². The Morgan fingerprint density at radius 1 is 1.14 bits per heavy atom. The van der Waals surface area contributed by atoms with E-state index in [2.05, 4.69) is 35.0 Å². The highest BCUT2D eigenvalue weighted by atomic mass is 16.5. The van der Waals surface area contributed by atoms with Crippen molar-refractivity contribution in [1.29, 1.82) is 0 Å². The summed E-state index contributed by atoms with van der Waals surface area (Å²) in [6.45, 7) is 6.61. The predicted molar refractivity (Wildman–Crippen MR) is 84.9 cm³/mol. The summed E-state index contributed by atoms with van der Waals surface area (Å²) in [5.74, 6) is 1.72. The minimum Gasteiger partial charge on any atom is -0.477 e. The molecule has 114 valence electrons. The van der Waals surface area contributed by atoms with Gasteiger partial charge in [0.15, 0.2) is 0 Å². The van der Waals surface area contributed by atoms with Crippen LogP contribution in [0.2, 0.25) is 0 Å². The second-order valence-corrected chi connectivity index (χ2v) is 5.23. The average molecular weight is 297 g/mol. The van der Waals surface area contributed by atoms with Gasteiger partial charge >= 0.3 is 0 Å². The van der Waals surface area contributed by atoms with Crippen molar-refractivity contribution in [3.63, 3.8) is 0 Å². The number of nitrogens with zero attached hydrogens (tertiary/aromatic N) is 3. The minimum absolute atomic E-state index is 0.530. The Bertz CT molecular complexity index is 796. The van der Waals surface area contributed by atoms with Crippen molar-refractivity contribution in [3.05, 3.63) is 35.7 Å². The monoisotopic (exact) mass is 297 g/mol. The maximum absolute atomic E-state index is 5.67. The van der Waals surface area contributed by atoms with E-state index in [0.717, 1.165) is 29.3 Å². The molecule has 0 saturated carbocycles. The maximum Gasteiger partial charge on any atom is 0.226 e. The molecule has 0 fully saturated rings. The first-order chi connectivity index (χ1) is 10.7. The Balaban J connectivity index is 2.13. The van der Waals surface area contributed by atoms with Gasteiger partial charge in [-0.15, -0.1) is 0 Å². The summed E-state index contributed by atoms with van der Waals surface area (Å²) in [5.41, 5.74) is 2.85. The van der Waals surface area contributed by atoms with Gasteiger partial charge in [0.05, 0.1) is 17.7 Å². The summed E-state index contributed by atoms with van der Waals surface area (Å²) in [4.78, 5) is 9.04. The predicted octanol–water partition coefficient (Wildman–Crippen LogP) is 3.94. The van der Waals surface area contributed by atoms with Crippen molar-refractivity contribution in [3.8, 4) is 17.3 Å². The fourth-order valence-electron chi connectivity index (χ4n) is 2.36. The Morgan fingerprint density at radius 3 is 2.77 bits per heavy atom. The molecule has 0 N–H and O–H groups in total. The molecular weight excluding hydrogens is 278 g/mol. The van der Waals surface area contributed by atoms with Gasteiger partial charge in [-0.2, -0.15) is 4.98 Å². The third kappa shape index (κ3) is 2.79. The van der Waals surface area contributed by atoms with Gasteiger partial charge in [-0.1, -0.05) is 23.7 Å². The van der Waals surface area contributed by atoms with E-state index in [-0.39, 0.29) is 0 Å². The number of hydrogen-bond acceptors (Lipinski definition) is 5. The van der Waals surface area contributed by atoms with E-state index in [1.54, 1.807) is 0 Å². The lowest BCUT2D eigenvalue weighted by atomic mass is 10.1. The van der Waals surface area contributed by atoms with Crippen molar-refractivity contribution >= 4 is 10.9 Å². The largest absolute Gasteiger partial charge is 0.477 e. The lowest BCUT2D eigenvalue weighted by Crippen LogP contribution is -1.98. The number of benzene rings is 1. The molecule has 1 aromatic carbocycles. The summed E-state index contributed by atoms with van der Waals surface area (Å²) in [6, 6.07) is 8.14. The van der Waals surface area contributed by atoms with Crippen LogP contribution >= 0.6 is 0 Å². The fraction of sp³-hybridized carbons (Fsp3) is 0.353. The number of aryl methyl sites for hydroxylation is 2. The first-order valence-electron chi connectivity index (χ1n) is 7.58. The smallest absolute Gasteiger partial charge is 0.226 e. The van der Waals surface area contributed by atoms with E-state index in [4.69, 9.17) is 9.26 Å². The summed E-state index contributed by atoms with van der Waals surface area (Å²) < 4.78 is 11.0. The zero-order valence-corrected chi connectivity index (χ0v) is 13.1. The van der Waals surface area contributed by atoms with Gasteiger partial charge in [0.2, 0.25) is 17.6 Å². The van der Waals surface area contributed by atoms with Crippen LogP contribution < -0.4 is 4.74 Å². The van der Waals surface area contributed by atoms with Crippen molar-refractivity contribution in [1.82, 2.24) is 15.1 Å². The highest BCUT2D eigenvalue weighted by molar-refractivity contribution is 5.85. The fourth-order valence-corrected chi connectivity index (χ4v) is 2.36. The zero-order valence-electron chi connectivity index (χ0n) is 13.1. The van der Waals surface area contributed by atoms with Crippen LogP contribution in [-0.2, 0) is 6.42 Å². The summed E-state index contributed by atoms with van der Waals surface area (Å²) in [5, 5.41) is 5.11. The van der Waals surface area contributed by atoms with Crippen LogP contribution in [0.1, 0.15) is 31.7 Å². The van der Waals surface area contributed by atoms with E-state index < -0.39 is 0 Å². The van der Waals surface area contributed by atoms with Gasteiger partial charge in [0.1, 0.15) is 0 Å². The van der Waals surface area contributed by atoms with Crippen LogP contribution in [0.5, 0.6) is 5.88 Å². The van der Waals surface area contributed by atoms with Gasteiger partial charge in [-0.3, -0.25) is 0 Å². The molecule has 0 bridgehead atoms. The molecule has 22 heavy (non-hydrogen) atoms. The molecule has 0 saturated heterocycles. The first-order valence-corrected chi connectivity index (χ1v) is 7.58. The number of rotatable bonds is 5. The summed E-state index contributed by atoms with van der Waals surface area (Å²) >= 11 is 0. The van der Waals surface area contributed by atoms with E-state index in [1.165, 1.54) is 5.56 Å². The van der Waals surface area contributed by atoms with E-state index in [9.17, 15) is 0 Å². The van der Waals surface area contributed by atoms with Crippen LogP contribution in [0, 0.1) is 6.92 Å². The van der Waals surface area contributed by atoms with Crippen molar-refractivity contribution in [2.24, 2.45) is 0 Å². The maximum atomic E-state index is 5.67. The molecule has 3 aromatic rings. The Morgan fingerprint density at radius 2 is 2.00 bits per heavy atom.